The van der Waals surface area contributed by atoms with Crippen molar-refractivity contribution in [3.63, 3.8) is 0 Å². The van der Waals surface area contributed by atoms with Crippen LogP contribution in [0.3, 0.4) is 0 Å². The van der Waals surface area contributed by atoms with Gasteiger partial charge in [-0.25, -0.2) is 9.59 Å². The van der Waals surface area contributed by atoms with E-state index < -0.39 is 31.1 Å². The molecule has 1 saturated heterocycles. The summed E-state index contributed by atoms with van der Waals surface area (Å²) in [6, 6.07) is 7.34. The largest absolute Gasteiger partial charge is 0.413 e. The number of aryl methyl sites for hydroxylation is 1. The summed E-state index contributed by atoms with van der Waals surface area (Å²) in [6.07, 6.45) is 3.07. The van der Waals surface area contributed by atoms with Crippen molar-refractivity contribution in [2.45, 2.75) is 78.4 Å². The molecule has 236 valence electrons. The standard InChI is InChI=1S/C31H41N5O7Si/c1-8-44(9-2,10-3)43-21(6)26-27-20(5)25(18-34(7)17-23-16-32-19(4)15-33-23)28(35(27)29(26)37)31(39)42-30(38)22-11-13-24(14-12-22)36(40)41/h11-16,20-21,26-27H,8-10,17-18H2,1-7H3/t20-,21+,26+,27+/m0/s1. The lowest BCUT2D eigenvalue weighted by Gasteiger charge is -2.49. The SMILES string of the molecule is CC[Si](CC)(CC)O[C@H](C)[C@H]1C(=O)N2C(C(=O)OC(=O)c3ccc([N+](=O)[O-])cc3)=C(CN(C)Cc3cnc(C)cn3)[C@H](C)[C@H]12. The smallest absolute Gasteiger partial charge is 0.362 e. The van der Waals surface area contributed by atoms with Crippen molar-refractivity contribution in [1.82, 2.24) is 19.8 Å². The minimum atomic E-state index is -2.00. The number of esters is 2. The van der Waals surface area contributed by atoms with E-state index in [1.54, 1.807) is 12.4 Å². The highest BCUT2D eigenvalue weighted by atomic mass is 28.4. The number of rotatable bonds is 13. The van der Waals surface area contributed by atoms with Gasteiger partial charge in [0.1, 0.15) is 5.70 Å². The van der Waals surface area contributed by atoms with Crippen molar-refractivity contribution in [3.8, 4) is 0 Å². The number of benzene rings is 1. The molecule has 13 heteroatoms. The number of likely N-dealkylation sites (N-methyl/N-ethyl adjacent to an activating group) is 1. The van der Waals surface area contributed by atoms with E-state index in [1.165, 1.54) is 29.2 Å². The number of fused-ring (bicyclic) bond motifs is 1. The molecule has 3 heterocycles. The van der Waals surface area contributed by atoms with Crippen LogP contribution in [-0.4, -0.2) is 76.6 Å². The van der Waals surface area contributed by atoms with Crippen LogP contribution >= 0.6 is 0 Å². The van der Waals surface area contributed by atoms with Gasteiger partial charge in [0.05, 0.1) is 39.9 Å². The monoisotopic (exact) mass is 623 g/mol. The zero-order chi connectivity index (χ0) is 32.3. The number of hydrogen-bond donors (Lipinski definition) is 0. The Kier molecular flexibility index (Phi) is 10.1. The number of aromatic nitrogens is 2. The first-order chi connectivity index (χ1) is 20.9. The molecule has 4 atom stereocenters. The summed E-state index contributed by atoms with van der Waals surface area (Å²) in [5.74, 6) is -2.74. The van der Waals surface area contributed by atoms with Gasteiger partial charge >= 0.3 is 11.9 Å². The predicted octanol–water partition coefficient (Wildman–Crippen LogP) is 4.65. The first-order valence-corrected chi connectivity index (χ1v) is 17.6. The lowest BCUT2D eigenvalue weighted by atomic mass is 9.77. The molecule has 12 nitrogen and oxygen atoms in total. The maximum Gasteiger partial charge on any atom is 0.362 e. The third-order valence-electron chi connectivity index (χ3n) is 9.07. The highest BCUT2D eigenvalue weighted by Crippen LogP contribution is 2.48. The summed E-state index contributed by atoms with van der Waals surface area (Å²) in [5.41, 5.74) is 2.10. The molecular weight excluding hydrogens is 582 g/mol. The Hall–Kier alpha value is -3.81. The second-order valence-corrected chi connectivity index (χ2v) is 16.5. The molecule has 2 aliphatic heterocycles. The molecular formula is C31H41N5O7Si. The molecule has 0 saturated carbocycles. The lowest BCUT2D eigenvalue weighted by molar-refractivity contribution is -0.384. The first-order valence-electron chi connectivity index (χ1n) is 15.1. The van der Waals surface area contributed by atoms with E-state index in [0.717, 1.165) is 29.5 Å². The van der Waals surface area contributed by atoms with Gasteiger partial charge in [0.2, 0.25) is 5.91 Å². The molecule has 0 bridgehead atoms. The van der Waals surface area contributed by atoms with Crippen molar-refractivity contribution in [2.75, 3.05) is 13.6 Å². The van der Waals surface area contributed by atoms with Crippen molar-refractivity contribution < 1.29 is 28.5 Å². The Morgan fingerprint density at radius 2 is 1.70 bits per heavy atom. The number of amides is 1. The third kappa shape index (κ3) is 6.49. The van der Waals surface area contributed by atoms with Crippen LogP contribution in [0.4, 0.5) is 5.69 Å². The summed E-state index contributed by atoms with van der Waals surface area (Å²) in [4.78, 5) is 62.9. The number of carbonyl (C=O) groups is 3. The number of ether oxygens (including phenoxy) is 1. The van der Waals surface area contributed by atoms with Crippen LogP contribution in [0.1, 0.15) is 56.4 Å². The van der Waals surface area contributed by atoms with Gasteiger partial charge in [-0.05, 0) is 56.7 Å². The number of nitrogens with zero attached hydrogens (tertiary/aromatic N) is 5. The summed E-state index contributed by atoms with van der Waals surface area (Å²) < 4.78 is 12.0. The van der Waals surface area contributed by atoms with Crippen LogP contribution in [0, 0.1) is 28.9 Å². The Bertz CT molecular complexity index is 1430. The molecule has 1 aromatic heterocycles. The van der Waals surface area contributed by atoms with Crippen LogP contribution < -0.4 is 0 Å². The summed E-state index contributed by atoms with van der Waals surface area (Å²) >= 11 is 0. The first kappa shape index (κ1) is 33.1. The number of carbonyl (C=O) groups excluding carboxylic acids is 3. The number of hydrogen-bond acceptors (Lipinski definition) is 10. The van der Waals surface area contributed by atoms with Crippen molar-refractivity contribution in [1.29, 1.82) is 0 Å². The maximum absolute atomic E-state index is 13.7. The van der Waals surface area contributed by atoms with Gasteiger partial charge in [-0.15, -0.1) is 0 Å². The fraction of sp³-hybridized carbons (Fsp3) is 0.516. The second kappa shape index (κ2) is 13.4. The van der Waals surface area contributed by atoms with E-state index in [9.17, 15) is 24.5 Å². The van der Waals surface area contributed by atoms with Crippen LogP contribution in [-0.2, 0) is 25.3 Å². The van der Waals surface area contributed by atoms with E-state index >= 15 is 0 Å². The molecule has 1 fully saturated rings. The van der Waals surface area contributed by atoms with Gasteiger partial charge in [0.15, 0.2) is 8.32 Å². The molecule has 4 rings (SSSR count). The van der Waals surface area contributed by atoms with Gasteiger partial charge in [0.25, 0.3) is 5.69 Å². The summed E-state index contributed by atoms with van der Waals surface area (Å²) in [7, 11) is -0.120. The second-order valence-electron chi connectivity index (χ2n) is 11.8. The highest BCUT2D eigenvalue weighted by molar-refractivity contribution is 6.73. The van der Waals surface area contributed by atoms with E-state index in [2.05, 4.69) is 30.7 Å². The zero-order valence-electron chi connectivity index (χ0n) is 26.4. The van der Waals surface area contributed by atoms with Gasteiger partial charge in [-0.1, -0.05) is 27.7 Å². The van der Waals surface area contributed by atoms with Crippen molar-refractivity contribution >= 4 is 31.9 Å². The highest BCUT2D eigenvalue weighted by Gasteiger charge is 2.61. The van der Waals surface area contributed by atoms with Crippen molar-refractivity contribution in [3.05, 3.63) is 75.0 Å². The summed E-state index contributed by atoms with van der Waals surface area (Å²) in [6.45, 7) is 13.0. The van der Waals surface area contributed by atoms with Crippen molar-refractivity contribution in [2.24, 2.45) is 11.8 Å². The quantitative estimate of drug-likeness (QED) is 0.0772. The number of β-lactam (4-membered cyclic amide) rings is 1. The average Bonchev–Trinajstić information content (AvgIpc) is 3.24. The molecule has 2 aliphatic rings. The third-order valence-corrected chi connectivity index (χ3v) is 13.8. The zero-order valence-corrected chi connectivity index (χ0v) is 27.4. The van der Waals surface area contributed by atoms with Gasteiger partial charge < -0.3 is 14.1 Å². The molecule has 2 aromatic rings. The molecule has 0 unspecified atom stereocenters. The fourth-order valence-corrected chi connectivity index (χ4v) is 9.27. The van der Waals surface area contributed by atoms with Gasteiger partial charge in [-0.3, -0.25) is 29.8 Å². The molecule has 44 heavy (non-hydrogen) atoms. The van der Waals surface area contributed by atoms with Crippen LogP contribution in [0.15, 0.2) is 47.9 Å². The Morgan fingerprint density at radius 1 is 1.07 bits per heavy atom. The topological polar surface area (TPSA) is 145 Å². The van der Waals surface area contributed by atoms with Gasteiger partial charge in [0, 0.05) is 43.5 Å². The minimum absolute atomic E-state index is 0.0152. The van der Waals surface area contributed by atoms with E-state index in [0.29, 0.717) is 18.7 Å². The number of nitro benzene ring substituents is 1. The average molecular weight is 624 g/mol. The molecule has 0 radical (unpaired) electrons. The molecule has 1 aromatic carbocycles. The normalized spacial score (nSPS) is 20.4. The lowest BCUT2D eigenvalue weighted by Crippen LogP contribution is -2.65. The van der Waals surface area contributed by atoms with Gasteiger partial charge in [-0.2, -0.15) is 0 Å². The molecule has 0 N–H and O–H groups in total. The Labute approximate surface area is 258 Å². The molecule has 0 aliphatic carbocycles. The van der Waals surface area contributed by atoms with E-state index in [1.807, 2.05) is 32.7 Å². The van der Waals surface area contributed by atoms with E-state index in [4.69, 9.17) is 9.16 Å². The van der Waals surface area contributed by atoms with Crippen LogP contribution in [0.5, 0.6) is 0 Å². The summed E-state index contributed by atoms with van der Waals surface area (Å²) in [5, 5.41) is 11.0. The maximum atomic E-state index is 13.7. The predicted molar refractivity (Wildman–Crippen MR) is 165 cm³/mol. The Balaban J connectivity index is 1.61. The molecule has 1 amide bonds. The molecule has 0 spiro atoms. The van der Waals surface area contributed by atoms with Crippen LogP contribution in [0.25, 0.3) is 0 Å². The van der Waals surface area contributed by atoms with E-state index in [-0.39, 0.29) is 40.9 Å². The Morgan fingerprint density at radius 3 is 2.25 bits per heavy atom. The number of non-ortho nitro benzene ring substituents is 1. The fourth-order valence-electron chi connectivity index (χ4n) is 6.33. The minimum Gasteiger partial charge on any atom is -0.413 e. The van der Waals surface area contributed by atoms with Crippen LogP contribution in [0.2, 0.25) is 18.1 Å². The number of nitro groups is 1.